The van der Waals surface area contributed by atoms with Gasteiger partial charge in [0.25, 0.3) is 5.91 Å². The molecule has 0 unspecified atom stereocenters. The molecule has 1 aromatic heterocycles. The van der Waals surface area contributed by atoms with E-state index in [-0.39, 0.29) is 11.4 Å². The minimum atomic E-state index is -0.742. The highest BCUT2D eigenvalue weighted by Gasteiger charge is 2.26. The minimum absolute atomic E-state index is 0.0600. The van der Waals surface area contributed by atoms with Crippen molar-refractivity contribution in [2.24, 2.45) is 0 Å². The Labute approximate surface area is 195 Å². The zero-order valence-electron chi connectivity index (χ0n) is 18.8. The van der Waals surface area contributed by atoms with E-state index in [1.165, 1.54) is 6.07 Å². The number of halogens is 2. The van der Waals surface area contributed by atoms with E-state index in [9.17, 15) is 13.6 Å². The van der Waals surface area contributed by atoms with Crippen molar-refractivity contribution in [3.8, 4) is 5.75 Å². The molecule has 4 aromatic rings. The highest BCUT2D eigenvalue weighted by molar-refractivity contribution is 7.22. The van der Waals surface area contributed by atoms with Crippen molar-refractivity contribution in [1.82, 2.24) is 9.88 Å². The topological polar surface area (TPSA) is 45.7 Å². The van der Waals surface area contributed by atoms with Gasteiger partial charge in [-0.3, -0.25) is 9.69 Å². The molecular weight excluding hydrogens is 444 g/mol. The third-order valence-corrected chi connectivity index (χ3v) is 6.29. The second-order valence-electron chi connectivity index (χ2n) is 7.94. The number of thiazole rings is 1. The maximum Gasteiger partial charge on any atom is 0.264 e. The molecule has 0 saturated carbocycles. The lowest BCUT2D eigenvalue weighted by Gasteiger charge is -2.23. The lowest BCUT2D eigenvalue weighted by Crippen LogP contribution is -2.34. The van der Waals surface area contributed by atoms with Gasteiger partial charge in [-0.15, -0.1) is 0 Å². The fourth-order valence-electron chi connectivity index (χ4n) is 3.77. The molecular formula is C25H25F2N3O2S. The van der Waals surface area contributed by atoms with E-state index >= 15 is 0 Å². The normalized spacial score (nSPS) is 11.5. The van der Waals surface area contributed by atoms with Crippen LogP contribution in [0, 0.1) is 11.6 Å². The van der Waals surface area contributed by atoms with Crippen molar-refractivity contribution in [3.63, 3.8) is 0 Å². The molecule has 0 atom stereocenters. The average Bonchev–Trinajstić information content (AvgIpc) is 3.20. The number of fused-ring (bicyclic) bond motifs is 2. The van der Waals surface area contributed by atoms with Gasteiger partial charge in [0.05, 0.1) is 16.9 Å². The van der Waals surface area contributed by atoms with Gasteiger partial charge in [0.1, 0.15) is 17.1 Å². The first-order valence-corrected chi connectivity index (χ1v) is 11.6. The van der Waals surface area contributed by atoms with Crippen molar-refractivity contribution in [1.29, 1.82) is 0 Å². The van der Waals surface area contributed by atoms with E-state index in [2.05, 4.69) is 4.98 Å². The highest BCUT2D eigenvalue weighted by atomic mass is 32.1. The van der Waals surface area contributed by atoms with Crippen molar-refractivity contribution in [3.05, 3.63) is 65.7 Å². The number of anilines is 1. The molecule has 0 fully saturated rings. The molecule has 172 valence electrons. The molecule has 0 aliphatic carbocycles. The van der Waals surface area contributed by atoms with E-state index in [0.717, 1.165) is 34.7 Å². The summed E-state index contributed by atoms with van der Waals surface area (Å²) in [6.07, 6.45) is 0.681. The van der Waals surface area contributed by atoms with Crippen LogP contribution in [0.3, 0.4) is 0 Å². The van der Waals surface area contributed by atoms with Gasteiger partial charge in [-0.2, -0.15) is 0 Å². The van der Waals surface area contributed by atoms with Crippen molar-refractivity contribution in [2.75, 3.05) is 38.7 Å². The Morgan fingerprint density at radius 1 is 1.09 bits per heavy atom. The minimum Gasteiger partial charge on any atom is -0.493 e. The van der Waals surface area contributed by atoms with Gasteiger partial charge >= 0.3 is 0 Å². The van der Waals surface area contributed by atoms with Gasteiger partial charge in [0, 0.05) is 12.6 Å². The number of rotatable bonds is 8. The smallest absolute Gasteiger partial charge is 0.264 e. The SMILES string of the molecule is CCOc1ccc2ccccc2c1C(=O)N(CCCN(C)C)c1nc2c(F)cc(F)cc2s1. The number of carbonyl (C=O) groups is 1. The Bertz CT molecular complexity index is 1310. The number of amides is 1. The Kier molecular flexibility index (Phi) is 6.85. The first-order chi connectivity index (χ1) is 15.9. The molecule has 0 bridgehead atoms. The summed E-state index contributed by atoms with van der Waals surface area (Å²) in [5.74, 6) is -1.21. The maximum absolute atomic E-state index is 14.4. The summed E-state index contributed by atoms with van der Waals surface area (Å²) in [6.45, 7) is 3.40. The van der Waals surface area contributed by atoms with E-state index < -0.39 is 11.6 Å². The van der Waals surface area contributed by atoms with Gasteiger partial charge in [0.2, 0.25) is 0 Å². The standard InChI is InChI=1S/C25H25F2N3O2S/c1-4-32-20-11-10-16-8-5-6-9-18(16)22(20)24(31)30(13-7-12-29(2)3)25-28-23-19(27)14-17(26)15-21(23)33-25/h5-6,8-11,14-15H,4,7,12-13H2,1-3H3. The summed E-state index contributed by atoms with van der Waals surface area (Å²) < 4.78 is 34.3. The van der Waals surface area contributed by atoms with Gasteiger partial charge in [0.15, 0.2) is 10.9 Å². The van der Waals surface area contributed by atoms with Crippen LogP contribution < -0.4 is 9.64 Å². The zero-order chi connectivity index (χ0) is 23.5. The van der Waals surface area contributed by atoms with Crippen LogP contribution >= 0.6 is 11.3 Å². The second kappa shape index (κ2) is 9.80. The lowest BCUT2D eigenvalue weighted by molar-refractivity contribution is 0.0984. The molecule has 1 heterocycles. The van der Waals surface area contributed by atoms with Gasteiger partial charge in [-0.1, -0.05) is 41.7 Å². The molecule has 8 heteroatoms. The number of benzene rings is 3. The first kappa shape index (κ1) is 23.1. The highest BCUT2D eigenvalue weighted by Crippen LogP contribution is 2.35. The Hall–Kier alpha value is -3.10. The fourth-order valence-corrected chi connectivity index (χ4v) is 4.80. The van der Waals surface area contributed by atoms with Crippen LogP contribution in [0.15, 0.2) is 48.5 Å². The number of ether oxygens (including phenoxy) is 1. The molecule has 0 saturated heterocycles. The molecule has 0 N–H and O–H groups in total. The third kappa shape index (κ3) is 4.82. The predicted octanol–water partition coefficient (Wildman–Crippen LogP) is 5.72. The fraction of sp³-hybridized carbons (Fsp3) is 0.280. The molecule has 0 spiro atoms. The van der Waals surface area contributed by atoms with E-state index in [1.54, 1.807) is 11.0 Å². The van der Waals surface area contributed by atoms with Crippen LogP contribution in [-0.2, 0) is 0 Å². The number of aromatic nitrogens is 1. The molecule has 0 aliphatic heterocycles. The Balaban J connectivity index is 1.84. The number of carbonyl (C=O) groups excluding carboxylic acids is 1. The first-order valence-electron chi connectivity index (χ1n) is 10.8. The molecule has 3 aromatic carbocycles. The number of hydrogen-bond donors (Lipinski definition) is 0. The van der Waals surface area contributed by atoms with Gasteiger partial charge < -0.3 is 9.64 Å². The van der Waals surface area contributed by atoms with Crippen LogP contribution in [0.2, 0.25) is 0 Å². The van der Waals surface area contributed by atoms with E-state index in [4.69, 9.17) is 4.74 Å². The van der Waals surface area contributed by atoms with Gasteiger partial charge in [-0.25, -0.2) is 13.8 Å². The predicted molar refractivity (Wildman–Crippen MR) is 130 cm³/mol. The Morgan fingerprint density at radius 3 is 2.64 bits per heavy atom. The van der Waals surface area contributed by atoms with Crippen molar-refractivity contribution in [2.45, 2.75) is 13.3 Å². The van der Waals surface area contributed by atoms with Crippen LogP contribution in [-0.4, -0.2) is 49.6 Å². The summed E-state index contributed by atoms with van der Waals surface area (Å²) in [7, 11) is 3.92. The second-order valence-corrected chi connectivity index (χ2v) is 8.95. The Morgan fingerprint density at radius 2 is 1.88 bits per heavy atom. The summed E-state index contributed by atoms with van der Waals surface area (Å²) in [6, 6.07) is 13.4. The summed E-state index contributed by atoms with van der Waals surface area (Å²) in [4.78, 5) is 22.0. The average molecular weight is 470 g/mol. The summed E-state index contributed by atoms with van der Waals surface area (Å²) in [5, 5.41) is 2.01. The molecule has 0 aliphatic rings. The van der Waals surface area contributed by atoms with Gasteiger partial charge in [-0.05, 0) is 56.9 Å². The summed E-state index contributed by atoms with van der Waals surface area (Å²) in [5.41, 5.74) is 0.496. The number of hydrogen-bond acceptors (Lipinski definition) is 5. The maximum atomic E-state index is 14.4. The van der Waals surface area contributed by atoms with Crippen molar-refractivity contribution >= 4 is 43.4 Å². The molecule has 0 radical (unpaired) electrons. The largest absolute Gasteiger partial charge is 0.493 e. The van der Waals surface area contributed by atoms with Crippen LogP contribution in [0.25, 0.3) is 21.0 Å². The molecule has 1 amide bonds. The lowest BCUT2D eigenvalue weighted by atomic mass is 10.0. The van der Waals surface area contributed by atoms with E-state index in [0.29, 0.717) is 40.7 Å². The van der Waals surface area contributed by atoms with Crippen LogP contribution in [0.1, 0.15) is 23.7 Å². The molecule has 33 heavy (non-hydrogen) atoms. The molecule has 4 rings (SSSR count). The zero-order valence-corrected chi connectivity index (χ0v) is 19.6. The quantitative estimate of drug-likeness (QED) is 0.331. The summed E-state index contributed by atoms with van der Waals surface area (Å²) >= 11 is 1.10. The third-order valence-electron chi connectivity index (χ3n) is 5.27. The monoisotopic (exact) mass is 469 g/mol. The van der Waals surface area contributed by atoms with Crippen LogP contribution in [0.5, 0.6) is 5.75 Å². The number of nitrogens with zero attached hydrogens (tertiary/aromatic N) is 3. The van der Waals surface area contributed by atoms with Crippen LogP contribution in [0.4, 0.5) is 13.9 Å². The van der Waals surface area contributed by atoms with Crippen molar-refractivity contribution < 1.29 is 18.3 Å². The molecule has 5 nitrogen and oxygen atoms in total. The van der Waals surface area contributed by atoms with E-state index in [1.807, 2.05) is 56.3 Å².